The molecule has 4 nitrogen and oxygen atoms in total. The molecule has 6 aromatic rings. The lowest BCUT2D eigenvalue weighted by Crippen LogP contribution is -1.97. The van der Waals surface area contributed by atoms with Gasteiger partial charge in [-0.3, -0.25) is 0 Å². The molecule has 0 N–H and O–H groups in total. The van der Waals surface area contributed by atoms with Crippen molar-refractivity contribution in [1.29, 1.82) is 0 Å². The third kappa shape index (κ3) is 4.79. The van der Waals surface area contributed by atoms with Crippen LogP contribution in [0.1, 0.15) is 22.5 Å². The molecule has 4 heteroatoms. The molecule has 0 aliphatic heterocycles. The molecule has 0 aliphatic carbocycles. The van der Waals surface area contributed by atoms with E-state index in [-0.39, 0.29) is 0 Å². The summed E-state index contributed by atoms with van der Waals surface area (Å²) in [5.41, 5.74) is 3.83. The Morgan fingerprint density at radius 3 is 1.33 bits per heavy atom. The topological polar surface area (TPSA) is 51.6 Å². The Hall–Kier alpha value is -4.96. The predicted molar refractivity (Wildman–Crippen MR) is 149 cm³/mol. The van der Waals surface area contributed by atoms with Gasteiger partial charge in [0.25, 0.3) is 0 Å². The number of nitrogens with zero attached hydrogens (tertiary/aromatic N) is 4. The molecule has 0 spiro atoms. The smallest absolute Gasteiger partial charge is 0.198 e. The van der Waals surface area contributed by atoms with Crippen LogP contribution in [0.15, 0.2) is 109 Å². The largest absolute Gasteiger partial charge is 0.234 e. The van der Waals surface area contributed by atoms with Crippen molar-refractivity contribution in [2.45, 2.75) is 0 Å². The first-order chi connectivity index (χ1) is 17.8. The van der Waals surface area contributed by atoms with Crippen LogP contribution >= 0.6 is 0 Å². The Morgan fingerprint density at radius 2 is 0.861 bits per heavy atom. The van der Waals surface area contributed by atoms with Crippen molar-refractivity contribution in [2.24, 2.45) is 0 Å². The second-order valence-corrected chi connectivity index (χ2v) is 8.49. The Labute approximate surface area is 209 Å². The van der Waals surface area contributed by atoms with E-state index in [1.807, 2.05) is 24.3 Å². The standard InChI is InChI=1S/C32H22N4/c1-3-7-27-21-23(9-13-25(27)5-1)11-15-29-17-19-33-31(35-29)32-34-20-18-30(36-32)16-12-24-10-14-26-6-2-4-8-28(26)22-24/h1-22H/b15-11+,16-12+. The molecule has 0 bridgehead atoms. The number of rotatable bonds is 5. The summed E-state index contributed by atoms with van der Waals surface area (Å²) in [7, 11) is 0. The molecule has 4 aromatic carbocycles. The predicted octanol–water partition coefficient (Wildman–Crippen LogP) is 7.58. The van der Waals surface area contributed by atoms with Crippen LogP contribution in [0.5, 0.6) is 0 Å². The van der Waals surface area contributed by atoms with Crippen LogP contribution in [0.3, 0.4) is 0 Å². The fourth-order valence-corrected chi connectivity index (χ4v) is 4.13. The minimum Gasteiger partial charge on any atom is -0.234 e. The molecule has 0 fully saturated rings. The van der Waals surface area contributed by atoms with Crippen molar-refractivity contribution in [3.05, 3.63) is 132 Å². The summed E-state index contributed by atoms with van der Waals surface area (Å²) >= 11 is 0. The summed E-state index contributed by atoms with van der Waals surface area (Å²) in [4.78, 5) is 18.1. The lowest BCUT2D eigenvalue weighted by molar-refractivity contribution is 1.07. The molecule has 0 aliphatic rings. The molecule has 0 amide bonds. The molecule has 6 rings (SSSR count). The summed E-state index contributed by atoms with van der Waals surface area (Å²) in [5.74, 6) is 0.994. The molecule has 0 saturated heterocycles. The average molecular weight is 463 g/mol. The van der Waals surface area contributed by atoms with Crippen molar-refractivity contribution in [3.63, 3.8) is 0 Å². The van der Waals surface area contributed by atoms with Gasteiger partial charge in [0.15, 0.2) is 11.6 Å². The summed E-state index contributed by atoms with van der Waals surface area (Å²) in [6.45, 7) is 0. The zero-order valence-electron chi connectivity index (χ0n) is 19.5. The normalized spacial score (nSPS) is 11.7. The van der Waals surface area contributed by atoms with Gasteiger partial charge < -0.3 is 0 Å². The van der Waals surface area contributed by atoms with Crippen molar-refractivity contribution in [2.75, 3.05) is 0 Å². The van der Waals surface area contributed by atoms with E-state index in [2.05, 4.69) is 117 Å². The minimum absolute atomic E-state index is 0.497. The van der Waals surface area contributed by atoms with Gasteiger partial charge in [-0.05, 0) is 69.1 Å². The van der Waals surface area contributed by atoms with Gasteiger partial charge >= 0.3 is 0 Å². The van der Waals surface area contributed by atoms with E-state index < -0.39 is 0 Å². The Kier molecular flexibility index (Phi) is 5.83. The van der Waals surface area contributed by atoms with Gasteiger partial charge in [0.05, 0.1) is 11.4 Å². The van der Waals surface area contributed by atoms with E-state index in [4.69, 9.17) is 0 Å². The van der Waals surface area contributed by atoms with Crippen LogP contribution in [0.25, 0.3) is 57.5 Å². The van der Waals surface area contributed by atoms with Crippen LogP contribution in [0.4, 0.5) is 0 Å². The minimum atomic E-state index is 0.497. The quantitative estimate of drug-likeness (QED) is 0.265. The summed E-state index contributed by atoms with van der Waals surface area (Å²) < 4.78 is 0. The second kappa shape index (κ2) is 9.72. The highest BCUT2D eigenvalue weighted by Crippen LogP contribution is 2.19. The van der Waals surface area contributed by atoms with Crippen LogP contribution in [0, 0.1) is 0 Å². The van der Waals surface area contributed by atoms with Gasteiger partial charge in [0.1, 0.15) is 0 Å². The summed E-state index contributed by atoms with van der Waals surface area (Å²) in [5, 5.41) is 4.88. The molecule has 0 saturated carbocycles. The molecule has 2 aromatic heterocycles. The van der Waals surface area contributed by atoms with E-state index in [1.165, 1.54) is 21.5 Å². The highest BCUT2D eigenvalue weighted by Gasteiger charge is 2.06. The van der Waals surface area contributed by atoms with Crippen LogP contribution in [-0.2, 0) is 0 Å². The lowest BCUT2D eigenvalue weighted by atomic mass is 10.1. The first kappa shape index (κ1) is 21.6. The zero-order valence-corrected chi connectivity index (χ0v) is 19.5. The summed E-state index contributed by atoms with van der Waals surface area (Å²) in [6.07, 6.45) is 11.6. The monoisotopic (exact) mass is 462 g/mol. The van der Waals surface area contributed by atoms with E-state index in [0.29, 0.717) is 11.6 Å². The first-order valence-corrected chi connectivity index (χ1v) is 11.8. The number of benzene rings is 4. The molecular formula is C32H22N4. The van der Waals surface area contributed by atoms with Gasteiger partial charge in [0.2, 0.25) is 0 Å². The van der Waals surface area contributed by atoms with E-state index in [0.717, 1.165) is 22.5 Å². The van der Waals surface area contributed by atoms with E-state index >= 15 is 0 Å². The van der Waals surface area contributed by atoms with Crippen LogP contribution in [0.2, 0.25) is 0 Å². The fourth-order valence-electron chi connectivity index (χ4n) is 4.13. The molecule has 0 atom stereocenters. The number of fused-ring (bicyclic) bond motifs is 2. The summed E-state index contributed by atoms with van der Waals surface area (Å²) in [6, 6.07) is 33.3. The van der Waals surface area contributed by atoms with Crippen molar-refractivity contribution < 1.29 is 0 Å². The molecule has 0 radical (unpaired) electrons. The number of hydrogen-bond acceptors (Lipinski definition) is 4. The van der Waals surface area contributed by atoms with Gasteiger partial charge in [-0.15, -0.1) is 0 Å². The highest BCUT2D eigenvalue weighted by atomic mass is 15.0. The Morgan fingerprint density at radius 1 is 0.417 bits per heavy atom. The van der Waals surface area contributed by atoms with Gasteiger partial charge in [-0.2, -0.15) is 0 Å². The number of hydrogen-bond donors (Lipinski definition) is 0. The molecular weight excluding hydrogens is 440 g/mol. The highest BCUT2D eigenvalue weighted by molar-refractivity contribution is 5.86. The van der Waals surface area contributed by atoms with Crippen molar-refractivity contribution in [3.8, 4) is 11.6 Å². The van der Waals surface area contributed by atoms with E-state index in [9.17, 15) is 0 Å². The average Bonchev–Trinajstić information content (AvgIpc) is 2.95. The second-order valence-electron chi connectivity index (χ2n) is 8.49. The van der Waals surface area contributed by atoms with E-state index in [1.54, 1.807) is 12.4 Å². The molecule has 0 unspecified atom stereocenters. The zero-order chi connectivity index (χ0) is 24.2. The van der Waals surface area contributed by atoms with Gasteiger partial charge in [-0.25, -0.2) is 19.9 Å². The maximum absolute atomic E-state index is 4.67. The first-order valence-electron chi connectivity index (χ1n) is 11.8. The molecule has 170 valence electrons. The fraction of sp³-hybridized carbons (Fsp3) is 0. The van der Waals surface area contributed by atoms with Crippen LogP contribution < -0.4 is 0 Å². The Bertz CT molecular complexity index is 1620. The third-order valence-corrected chi connectivity index (χ3v) is 5.99. The maximum atomic E-state index is 4.67. The molecule has 2 heterocycles. The SMILES string of the molecule is C(=C\c1ccnc(-c2nccc(/C=C/c3ccc4ccccc4c3)n2)n1)/c1ccc2ccccc2c1. The lowest BCUT2D eigenvalue weighted by Gasteiger charge is -2.02. The van der Waals surface area contributed by atoms with Gasteiger partial charge in [0, 0.05) is 12.4 Å². The Balaban J connectivity index is 1.23. The van der Waals surface area contributed by atoms with Crippen molar-refractivity contribution in [1.82, 2.24) is 19.9 Å². The van der Waals surface area contributed by atoms with Crippen LogP contribution in [-0.4, -0.2) is 19.9 Å². The van der Waals surface area contributed by atoms with Crippen molar-refractivity contribution >= 4 is 45.8 Å². The molecule has 36 heavy (non-hydrogen) atoms. The number of aromatic nitrogens is 4. The third-order valence-electron chi connectivity index (χ3n) is 5.99. The maximum Gasteiger partial charge on any atom is 0.198 e. The van der Waals surface area contributed by atoms with Gasteiger partial charge in [-0.1, -0.05) is 84.9 Å².